The number of benzene rings is 1. The minimum absolute atomic E-state index is 0.158. The first-order chi connectivity index (χ1) is 9.80. The summed E-state index contributed by atoms with van der Waals surface area (Å²) in [4.78, 5) is 4.37. The van der Waals surface area contributed by atoms with Crippen LogP contribution in [0.2, 0.25) is 0 Å². The largest absolute Gasteiger partial charge is 0.496 e. The minimum Gasteiger partial charge on any atom is -0.496 e. The van der Waals surface area contributed by atoms with Crippen molar-refractivity contribution < 1.29 is 4.74 Å². The lowest BCUT2D eigenvalue weighted by Gasteiger charge is -2.19. The topological polar surface area (TPSA) is 52.0 Å². The van der Waals surface area contributed by atoms with E-state index in [1.807, 2.05) is 29.9 Å². The zero-order valence-corrected chi connectivity index (χ0v) is 12.3. The number of hydrogen-bond acceptors (Lipinski definition) is 4. The van der Waals surface area contributed by atoms with Gasteiger partial charge in [-0.3, -0.25) is 4.68 Å². The molecule has 1 aromatic carbocycles. The number of para-hydroxylation sites is 1. The van der Waals surface area contributed by atoms with E-state index in [0.717, 1.165) is 36.5 Å². The second kappa shape index (κ2) is 7.05. The van der Waals surface area contributed by atoms with Gasteiger partial charge in [0.2, 0.25) is 0 Å². The molecule has 0 amide bonds. The third kappa shape index (κ3) is 3.17. The summed E-state index contributed by atoms with van der Waals surface area (Å²) in [6.07, 6.45) is 3.46. The van der Waals surface area contributed by atoms with Gasteiger partial charge in [0.25, 0.3) is 0 Å². The Balaban J connectivity index is 2.22. The fourth-order valence-corrected chi connectivity index (χ4v) is 2.35. The molecule has 0 fully saturated rings. The zero-order valence-electron chi connectivity index (χ0n) is 12.3. The first kappa shape index (κ1) is 14.5. The summed E-state index contributed by atoms with van der Waals surface area (Å²) in [5.41, 5.74) is 1.14. The van der Waals surface area contributed by atoms with Gasteiger partial charge in [-0.2, -0.15) is 5.10 Å². The molecule has 1 N–H and O–H groups in total. The normalized spacial score (nSPS) is 12.3. The molecule has 0 saturated carbocycles. The molecule has 2 rings (SSSR count). The number of aryl methyl sites for hydroxylation is 1. The summed E-state index contributed by atoms with van der Waals surface area (Å²) in [7, 11) is 3.66. The lowest BCUT2D eigenvalue weighted by molar-refractivity contribution is 0.399. The second-order valence-corrected chi connectivity index (χ2v) is 4.69. The van der Waals surface area contributed by atoms with Crippen molar-refractivity contribution in [2.75, 3.05) is 14.2 Å². The van der Waals surface area contributed by atoms with Crippen LogP contribution in [-0.2, 0) is 13.0 Å². The zero-order chi connectivity index (χ0) is 14.4. The summed E-state index contributed by atoms with van der Waals surface area (Å²) in [6, 6.07) is 8.23. The third-order valence-corrected chi connectivity index (χ3v) is 3.38. The van der Waals surface area contributed by atoms with E-state index in [0.29, 0.717) is 0 Å². The van der Waals surface area contributed by atoms with Crippen molar-refractivity contribution in [3.05, 3.63) is 42.0 Å². The van der Waals surface area contributed by atoms with Crippen molar-refractivity contribution in [1.29, 1.82) is 0 Å². The van der Waals surface area contributed by atoms with Crippen molar-refractivity contribution in [1.82, 2.24) is 20.1 Å². The number of aromatic nitrogens is 3. The average molecular weight is 274 g/mol. The highest BCUT2D eigenvalue weighted by molar-refractivity contribution is 5.36. The van der Waals surface area contributed by atoms with Crippen LogP contribution >= 0.6 is 0 Å². The highest BCUT2D eigenvalue weighted by Crippen LogP contribution is 2.26. The molecule has 0 saturated heterocycles. The van der Waals surface area contributed by atoms with Gasteiger partial charge in [0.15, 0.2) is 0 Å². The van der Waals surface area contributed by atoms with Gasteiger partial charge in [-0.25, -0.2) is 4.98 Å². The van der Waals surface area contributed by atoms with Crippen molar-refractivity contribution in [3.63, 3.8) is 0 Å². The maximum Gasteiger partial charge on any atom is 0.138 e. The number of nitrogens with one attached hydrogen (secondary N) is 1. The monoisotopic (exact) mass is 274 g/mol. The third-order valence-electron chi connectivity index (χ3n) is 3.38. The molecule has 0 aliphatic heterocycles. The van der Waals surface area contributed by atoms with Crippen LogP contribution in [0.15, 0.2) is 30.6 Å². The molecule has 0 radical (unpaired) electrons. The Morgan fingerprint density at radius 1 is 1.35 bits per heavy atom. The maximum absolute atomic E-state index is 5.44. The second-order valence-electron chi connectivity index (χ2n) is 4.69. The van der Waals surface area contributed by atoms with Crippen molar-refractivity contribution in [2.24, 2.45) is 0 Å². The maximum atomic E-state index is 5.44. The molecule has 0 aliphatic carbocycles. The predicted octanol–water partition coefficient (Wildman–Crippen LogP) is 2.20. The summed E-state index contributed by atoms with van der Waals surface area (Å²) in [5, 5.41) is 7.62. The van der Waals surface area contributed by atoms with Gasteiger partial charge in [0.1, 0.15) is 17.9 Å². The number of ether oxygens (including phenoxy) is 1. The molecule has 2 aromatic rings. The Hall–Kier alpha value is -1.88. The first-order valence-electron chi connectivity index (χ1n) is 6.97. The average Bonchev–Trinajstić information content (AvgIpc) is 2.92. The number of likely N-dealkylation sites (N-methyl/N-ethyl adjacent to an activating group) is 1. The predicted molar refractivity (Wildman–Crippen MR) is 78.8 cm³/mol. The molecule has 0 spiro atoms. The van der Waals surface area contributed by atoms with Gasteiger partial charge in [-0.05, 0) is 19.5 Å². The van der Waals surface area contributed by atoms with E-state index in [2.05, 4.69) is 28.4 Å². The van der Waals surface area contributed by atoms with Gasteiger partial charge in [-0.1, -0.05) is 25.1 Å². The Morgan fingerprint density at radius 2 is 2.15 bits per heavy atom. The summed E-state index contributed by atoms with van der Waals surface area (Å²) < 4.78 is 7.41. The molecule has 1 aromatic heterocycles. The van der Waals surface area contributed by atoms with Crippen LogP contribution in [0, 0.1) is 0 Å². The van der Waals surface area contributed by atoms with Crippen LogP contribution < -0.4 is 10.1 Å². The summed E-state index contributed by atoms with van der Waals surface area (Å²) in [6.45, 7) is 3.04. The van der Waals surface area contributed by atoms with E-state index in [-0.39, 0.29) is 6.04 Å². The fourth-order valence-electron chi connectivity index (χ4n) is 2.35. The van der Waals surface area contributed by atoms with E-state index in [4.69, 9.17) is 4.74 Å². The van der Waals surface area contributed by atoms with Crippen molar-refractivity contribution >= 4 is 0 Å². The van der Waals surface area contributed by atoms with E-state index >= 15 is 0 Å². The fraction of sp³-hybridized carbons (Fsp3) is 0.467. The van der Waals surface area contributed by atoms with Crippen LogP contribution in [0.25, 0.3) is 0 Å². The first-order valence-corrected chi connectivity index (χ1v) is 6.97. The molecule has 0 bridgehead atoms. The van der Waals surface area contributed by atoms with E-state index < -0.39 is 0 Å². The van der Waals surface area contributed by atoms with Crippen LogP contribution in [0.5, 0.6) is 5.75 Å². The summed E-state index contributed by atoms with van der Waals surface area (Å²) >= 11 is 0. The van der Waals surface area contributed by atoms with Crippen molar-refractivity contribution in [3.8, 4) is 5.75 Å². The van der Waals surface area contributed by atoms with E-state index in [9.17, 15) is 0 Å². The van der Waals surface area contributed by atoms with Gasteiger partial charge in [0.05, 0.1) is 7.11 Å². The lowest BCUT2D eigenvalue weighted by Crippen LogP contribution is -2.21. The van der Waals surface area contributed by atoms with E-state index in [1.54, 1.807) is 13.4 Å². The van der Waals surface area contributed by atoms with Gasteiger partial charge in [0, 0.05) is 24.6 Å². The molecule has 5 nitrogen and oxygen atoms in total. The molecular weight excluding hydrogens is 252 g/mol. The molecule has 1 atom stereocenters. The molecule has 1 unspecified atom stereocenters. The highest BCUT2D eigenvalue weighted by Gasteiger charge is 2.17. The summed E-state index contributed by atoms with van der Waals surface area (Å²) in [5.74, 6) is 1.89. The number of rotatable bonds is 7. The molecule has 5 heteroatoms. The quantitative estimate of drug-likeness (QED) is 0.841. The Bertz CT molecular complexity index is 538. The van der Waals surface area contributed by atoms with Gasteiger partial charge >= 0.3 is 0 Å². The minimum atomic E-state index is 0.158. The van der Waals surface area contributed by atoms with Gasteiger partial charge < -0.3 is 10.1 Å². The van der Waals surface area contributed by atoms with Gasteiger partial charge in [-0.15, -0.1) is 0 Å². The van der Waals surface area contributed by atoms with Crippen molar-refractivity contribution in [2.45, 2.75) is 32.4 Å². The van der Waals surface area contributed by atoms with Crippen LogP contribution in [0.1, 0.15) is 30.8 Å². The van der Waals surface area contributed by atoms with Crippen LogP contribution in [0.3, 0.4) is 0 Å². The smallest absolute Gasteiger partial charge is 0.138 e. The molecule has 0 aliphatic rings. The number of nitrogens with zero attached hydrogens (tertiary/aromatic N) is 3. The molecule has 108 valence electrons. The van der Waals surface area contributed by atoms with Crippen LogP contribution in [-0.4, -0.2) is 28.9 Å². The SMILES string of the molecule is CCCn1ncnc1CC(NC)c1ccccc1OC. The lowest BCUT2D eigenvalue weighted by atomic mass is 10.0. The van der Waals surface area contributed by atoms with Crippen LogP contribution in [0.4, 0.5) is 0 Å². The Kier molecular flexibility index (Phi) is 5.12. The van der Waals surface area contributed by atoms with E-state index in [1.165, 1.54) is 0 Å². The number of methoxy groups -OCH3 is 1. The standard InChI is InChI=1S/C15H22N4O/c1-4-9-19-15(17-11-18-19)10-13(16-2)12-7-5-6-8-14(12)20-3/h5-8,11,13,16H,4,9-10H2,1-3H3. The number of hydrogen-bond donors (Lipinski definition) is 1. The molecular formula is C15H22N4O. The molecule has 1 heterocycles. The molecule has 20 heavy (non-hydrogen) atoms. The Labute approximate surface area is 120 Å². The highest BCUT2D eigenvalue weighted by atomic mass is 16.5. The Morgan fingerprint density at radius 3 is 2.85 bits per heavy atom.